The fraction of sp³-hybridized carbons (Fsp3) is 0.600. The molecule has 0 amide bonds. The van der Waals surface area contributed by atoms with E-state index in [2.05, 4.69) is 4.74 Å². The molecule has 86 valence electrons. The lowest BCUT2D eigenvalue weighted by molar-refractivity contribution is -0.143. The van der Waals surface area contributed by atoms with Crippen LogP contribution in [0.1, 0.15) is 26.2 Å². The van der Waals surface area contributed by atoms with E-state index < -0.39 is 18.4 Å². The van der Waals surface area contributed by atoms with Crippen molar-refractivity contribution in [2.24, 2.45) is 0 Å². The van der Waals surface area contributed by atoms with Crippen molar-refractivity contribution in [3.05, 3.63) is 11.8 Å². The first-order chi connectivity index (χ1) is 7.11. The number of carbonyl (C=O) groups excluding carboxylic acids is 1. The molecule has 0 radical (unpaired) electrons. The van der Waals surface area contributed by atoms with Gasteiger partial charge in [0.2, 0.25) is 0 Å². The molecule has 0 aliphatic rings. The van der Waals surface area contributed by atoms with Crippen LogP contribution in [0.3, 0.4) is 0 Å². The maximum atomic E-state index is 11.3. The molecule has 0 fully saturated rings. The Morgan fingerprint density at radius 3 is 2.53 bits per heavy atom. The molecule has 5 nitrogen and oxygen atoms in total. The Morgan fingerprint density at radius 2 is 2.07 bits per heavy atom. The minimum Gasteiger partial charge on any atom is -0.504 e. The minimum atomic E-state index is -1.09. The van der Waals surface area contributed by atoms with Crippen LogP contribution in [0.2, 0.25) is 0 Å². The molecule has 0 bridgehead atoms. The van der Waals surface area contributed by atoms with Crippen molar-refractivity contribution in [2.45, 2.75) is 26.2 Å². The summed E-state index contributed by atoms with van der Waals surface area (Å²) in [5.41, 5.74) is 0.0149. The summed E-state index contributed by atoms with van der Waals surface area (Å²) >= 11 is 0. The Hall–Kier alpha value is -1.52. The largest absolute Gasteiger partial charge is 0.504 e. The van der Waals surface area contributed by atoms with Gasteiger partial charge >= 0.3 is 11.9 Å². The molecule has 0 unspecified atom stereocenters. The maximum absolute atomic E-state index is 11.3. The molecule has 0 aromatic carbocycles. The number of esters is 1. The van der Waals surface area contributed by atoms with Gasteiger partial charge in [0.25, 0.3) is 0 Å². The number of hydrogen-bond acceptors (Lipinski definition) is 4. The first-order valence-electron chi connectivity index (χ1n) is 4.72. The second kappa shape index (κ2) is 7.84. The number of carboxylic acid groups (broad SMARTS) is 1. The molecule has 1 N–H and O–H groups in total. The third kappa shape index (κ3) is 6.54. The van der Waals surface area contributed by atoms with Gasteiger partial charge in [0.05, 0.1) is 32.0 Å². The van der Waals surface area contributed by atoms with Crippen LogP contribution in [0.25, 0.3) is 0 Å². The Balaban J connectivity index is 4.17. The Bertz CT molecular complexity index is 244. The van der Waals surface area contributed by atoms with Gasteiger partial charge in [-0.2, -0.15) is 0 Å². The van der Waals surface area contributed by atoms with Crippen molar-refractivity contribution >= 4 is 11.9 Å². The Labute approximate surface area is 88.7 Å². The zero-order chi connectivity index (χ0) is 11.7. The predicted octanol–water partition coefficient (Wildman–Crippen LogP) is 1.33. The van der Waals surface area contributed by atoms with Crippen molar-refractivity contribution in [1.29, 1.82) is 0 Å². The van der Waals surface area contributed by atoms with Crippen molar-refractivity contribution in [3.8, 4) is 0 Å². The number of carboxylic acids is 1. The molecule has 0 saturated heterocycles. The van der Waals surface area contributed by atoms with E-state index in [0.717, 1.165) is 19.1 Å². The molecule has 0 heterocycles. The van der Waals surface area contributed by atoms with Crippen LogP contribution in [-0.4, -0.2) is 30.8 Å². The summed E-state index contributed by atoms with van der Waals surface area (Å²) < 4.78 is 9.45. The topological polar surface area (TPSA) is 72.8 Å². The molecule has 0 saturated carbocycles. The lowest BCUT2D eigenvalue weighted by atomic mass is 10.2. The first kappa shape index (κ1) is 13.5. The summed E-state index contributed by atoms with van der Waals surface area (Å²) in [6, 6.07) is 0. The van der Waals surface area contributed by atoms with Crippen LogP contribution in [0.15, 0.2) is 11.8 Å². The minimum absolute atomic E-state index is 0.0149. The second-order valence-electron chi connectivity index (χ2n) is 2.94. The lowest BCUT2D eigenvalue weighted by Crippen LogP contribution is -2.12. The van der Waals surface area contributed by atoms with Crippen LogP contribution in [0.5, 0.6) is 0 Å². The van der Waals surface area contributed by atoms with Crippen molar-refractivity contribution in [3.63, 3.8) is 0 Å². The zero-order valence-electron chi connectivity index (χ0n) is 8.99. The molecular weight excluding hydrogens is 200 g/mol. The number of unbranched alkanes of at least 4 members (excludes halogenated alkanes) is 1. The van der Waals surface area contributed by atoms with E-state index in [1.54, 1.807) is 0 Å². The average Bonchev–Trinajstić information content (AvgIpc) is 2.17. The van der Waals surface area contributed by atoms with E-state index in [9.17, 15) is 9.59 Å². The van der Waals surface area contributed by atoms with Crippen molar-refractivity contribution in [1.82, 2.24) is 0 Å². The number of carbonyl (C=O) groups is 2. The highest BCUT2D eigenvalue weighted by molar-refractivity contribution is 5.93. The monoisotopic (exact) mass is 216 g/mol. The van der Waals surface area contributed by atoms with E-state index in [-0.39, 0.29) is 5.57 Å². The molecule has 0 aromatic heterocycles. The second-order valence-corrected chi connectivity index (χ2v) is 2.94. The molecule has 0 aliphatic carbocycles. The highest BCUT2D eigenvalue weighted by Gasteiger charge is 2.15. The van der Waals surface area contributed by atoms with Gasteiger partial charge in [0.15, 0.2) is 0 Å². The summed E-state index contributed by atoms with van der Waals surface area (Å²) in [6.07, 6.45) is 2.38. The van der Waals surface area contributed by atoms with E-state index in [4.69, 9.17) is 9.84 Å². The summed E-state index contributed by atoms with van der Waals surface area (Å²) in [4.78, 5) is 21.7. The Morgan fingerprint density at radius 1 is 1.40 bits per heavy atom. The third-order valence-electron chi connectivity index (χ3n) is 1.60. The molecule has 0 aliphatic heterocycles. The van der Waals surface area contributed by atoms with Crippen molar-refractivity contribution < 1.29 is 24.2 Å². The molecule has 5 heteroatoms. The van der Waals surface area contributed by atoms with Gasteiger partial charge in [-0.15, -0.1) is 0 Å². The number of methoxy groups -OCH3 is 1. The first-order valence-corrected chi connectivity index (χ1v) is 4.72. The molecule has 0 atom stereocenters. The van der Waals surface area contributed by atoms with Gasteiger partial charge in [-0.25, -0.2) is 4.79 Å². The van der Waals surface area contributed by atoms with E-state index >= 15 is 0 Å². The number of hydrogen-bond donors (Lipinski definition) is 1. The molecule has 0 rings (SSSR count). The summed E-state index contributed by atoms with van der Waals surface area (Å²) in [7, 11) is 1.35. The normalized spacial score (nSPS) is 10.9. The standard InChI is InChI=1S/C10H16O5/c1-3-4-5-15-10(13)8(7-14-2)6-9(11)12/h7H,3-6H2,1-2H3,(H,11,12). The summed E-state index contributed by atoms with van der Waals surface area (Å²) in [5, 5.41) is 8.53. The lowest BCUT2D eigenvalue weighted by Gasteiger charge is -2.05. The smallest absolute Gasteiger partial charge is 0.337 e. The highest BCUT2D eigenvalue weighted by atomic mass is 16.5. The van der Waals surface area contributed by atoms with Crippen LogP contribution in [0, 0.1) is 0 Å². The fourth-order valence-electron chi connectivity index (χ4n) is 0.869. The van der Waals surface area contributed by atoms with E-state index in [1.165, 1.54) is 7.11 Å². The predicted molar refractivity (Wildman–Crippen MR) is 53.2 cm³/mol. The Kier molecular flexibility index (Phi) is 7.05. The van der Waals surface area contributed by atoms with Gasteiger partial charge in [0.1, 0.15) is 0 Å². The van der Waals surface area contributed by atoms with Gasteiger partial charge in [-0.3, -0.25) is 4.79 Å². The zero-order valence-corrected chi connectivity index (χ0v) is 8.99. The number of aliphatic carboxylic acids is 1. The van der Waals surface area contributed by atoms with E-state index in [1.807, 2.05) is 6.92 Å². The number of rotatable bonds is 7. The van der Waals surface area contributed by atoms with Crippen LogP contribution >= 0.6 is 0 Å². The quantitative estimate of drug-likeness (QED) is 0.301. The average molecular weight is 216 g/mol. The van der Waals surface area contributed by atoms with Gasteiger partial charge in [0, 0.05) is 0 Å². The van der Waals surface area contributed by atoms with Crippen molar-refractivity contribution in [2.75, 3.05) is 13.7 Å². The molecular formula is C10H16O5. The van der Waals surface area contributed by atoms with E-state index in [0.29, 0.717) is 6.61 Å². The van der Waals surface area contributed by atoms with Crippen LogP contribution < -0.4 is 0 Å². The maximum Gasteiger partial charge on any atom is 0.337 e. The van der Waals surface area contributed by atoms with Gasteiger partial charge in [-0.05, 0) is 6.42 Å². The SMILES string of the molecule is CCCCOC(=O)C(=COC)CC(=O)O. The summed E-state index contributed by atoms with van der Waals surface area (Å²) in [5.74, 6) is -1.72. The van der Waals surface area contributed by atoms with Crippen LogP contribution in [0.4, 0.5) is 0 Å². The highest BCUT2D eigenvalue weighted by Crippen LogP contribution is 2.05. The third-order valence-corrected chi connectivity index (χ3v) is 1.60. The van der Waals surface area contributed by atoms with Crippen LogP contribution in [-0.2, 0) is 19.1 Å². The molecule has 15 heavy (non-hydrogen) atoms. The molecule has 0 spiro atoms. The van der Waals surface area contributed by atoms with Gasteiger partial charge < -0.3 is 14.6 Å². The summed E-state index contributed by atoms with van der Waals surface area (Å²) in [6.45, 7) is 2.27. The molecule has 0 aromatic rings. The number of ether oxygens (including phenoxy) is 2. The van der Waals surface area contributed by atoms with Gasteiger partial charge in [-0.1, -0.05) is 13.3 Å². The fourth-order valence-corrected chi connectivity index (χ4v) is 0.869.